The number of rotatable bonds is 39. The number of phosphoric acid groups is 1. The highest BCUT2D eigenvalue weighted by Crippen LogP contribution is 2.43. The van der Waals surface area contributed by atoms with Gasteiger partial charge in [0.15, 0.2) is 0 Å². The van der Waals surface area contributed by atoms with E-state index in [1.807, 2.05) is 21.1 Å². The largest absolute Gasteiger partial charge is 0.472 e. The van der Waals surface area contributed by atoms with Crippen molar-refractivity contribution in [3.05, 3.63) is 72.9 Å². The van der Waals surface area contributed by atoms with E-state index in [-0.39, 0.29) is 19.1 Å². The molecule has 8 nitrogen and oxygen atoms in total. The van der Waals surface area contributed by atoms with Gasteiger partial charge in [-0.1, -0.05) is 170 Å². The average Bonchev–Trinajstić information content (AvgIpc) is 3.15. The number of hydrogen-bond acceptors (Lipinski definition) is 5. The summed E-state index contributed by atoms with van der Waals surface area (Å²) in [5.41, 5.74) is 0. The van der Waals surface area contributed by atoms with Crippen LogP contribution in [0, 0.1) is 0 Å². The van der Waals surface area contributed by atoms with Gasteiger partial charge in [-0.25, -0.2) is 4.57 Å². The van der Waals surface area contributed by atoms with Crippen molar-refractivity contribution >= 4 is 13.7 Å². The number of nitrogens with zero attached hydrogens (tertiary/aromatic N) is 1. The number of unbranched alkanes of at least 4 members (excludes halogenated alkanes) is 14. The molecule has 0 aromatic heterocycles. The zero-order chi connectivity index (χ0) is 41.4. The van der Waals surface area contributed by atoms with Crippen molar-refractivity contribution in [2.75, 3.05) is 40.9 Å². The van der Waals surface area contributed by atoms with Crippen LogP contribution in [0.3, 0.4) is 0 Å². The van der Waals surface area contributed by atoms with Gasteiger partial charge < -0.3 is 19.8 Å². The number of amides is 1. The predicted octanol–water partition coefficient (Wildman–Crippen LogP) is 12.4. The number of likely N-dealkylation sites (N-methyl/N-ethyl adjacent to an activating group) is 1. The second-order valence-corrected chi connectivity index (χ2v) is 17.5. The third-order valence-electron chi connectivity index (χ3n) is 9.47. The van der Waals surface area contributed by atoms with E-state index in [2.05, 4.69) is 92.1 Å². The monoisotopic (exact) mass is 806 g/mol. The van der Waals surface area contributed by atoms with Crippen LogP contribution < -0.4 is 5.32 Å². The van der Waals surface area contributed by atoms with E-state index in [1.54, 1.807) is 0 Å². The van der Waals surface area contributed by atoms with Crippen molar-refractivity contribution in [1.29, 1.82) is 0 Å². The van der Waals surface area contributed by atoms with E-state index in [4.69, 9.17) is 9.05 Å². The van der Waals surface area contributed by atoms with E-state index in [1.165, 1.54) is 44.9 Å². The number of phosphoric ester groups is 1. The zero-order valence-corrected chi connectivity index (χ0v) is 37.5. The van der Waals surface area contributed by atoms with Crippen LogP contribution in [0.4, 0.5) is 0 Å². The molecule has 3 atom stereocenters. The van der Waals surface area contributed by atoms with Gasteiger partial charge >= 0.3 is 7.82 Å². The van der Waals surface area contributed by atoms with Gasteiger partial charge in [0.2, 0.25) is 5.91 Å². The molecular weight excluding hydrogens is 719 g/mol. The number of nitrogens with one attached hydrogen (secondary N) is 1. The molecule has 0 bridgehead atoms. The minimum atomic E-state index is -4.30. The molecule has 0 heterocycles. The third kappa shape index (κ3) is 40.1. The van der Waals surface area contributed by atoms with Gasteiger partial charge in [0, 0.05) is 6.42 Å². The molecule has 9 heteroatoms. The third-order valence-corrected chi connectivity index (χ3v) is 10.5. The van der Waals surface area contributed by atoms with Crippen molar-refractivity contribution in [1.82, 2.24) is 5.32 Å². The van der Waals surface area contributed by atoms with Crippen LogP contribution in [0.25, 0.3) is 0 Å². The highest BCUT2D eigenvalue weighted by atomic mass is 31.2. The van der Waals surface area contributed by atoms with E-state index in [0.717, 1.165) is 96.3 Å². The molecular formula is C47H86N2O6P+. The normalized spacial score (nSPS) is 15.1. The summed E-state index contributed by atoms with van der Waals surface area (Å²) >= 11 is 0. The fourth-order valence-electron chi connectivity index (χ4n) is 5.93. The summed E-state index contributed by atoms with van der Waals surface area (Å²) in [6.45, 7) is 4.66. The second kappa shape index (κ2) is 38.5. The van der Waals surface area contributed by atoms with Crippen LogP contribution >= 0.6 is 7.82 Å². The SMILES string of the molecule is CC/C=C\C/C=C\C/C=C\C/C=C\C/C=C\C/C=C\CCCCCCCCCCCCC(=O)NC(COP(=O)(O)OCC[N+](C)(C)C)C(O)CCCCCCC. The van der Waals surface area contributed by atoms with Gasteiger partial charge in [0.1, 0.15) is 13.2 Å². The smallest absolute Gasteiger partial charge is 0.391 e. The molecule has 324 valence electrons. The molecule has 56 heavy (non-hydrogen) atoms. The first-order valence-electron chi connectivity index (χ1n) is 22.3. The van der Waals surface area contributed by atoms with Crippen molar-refractivity contribution < 1.29 is 32.9 Å². The summed E-state index contributed by atoms with van der Waals surface area (Å²) in [5, 5.41) is 13.7. The predicted molar refractivity (Wildman–Crippen MR) is 240 cm³/mol. The number of quaternary nitrogens is 1. The molecule has 0 fully saturated rings. The lowest BCUT2D eigenvalue weighted by Crippen LogP contribution is -2.46. The summed E-state index contributed by atoms with van der Waals surface area (Å²) < 4.78 is 23.4. The van der Waals surface area contributed by atoms with Gasteiger partial charge in [-0.3, -0.25) is 13.8 Å². The number of aliphatic hydroxyl groups excluding tert-OH is 1. The van der Waals surface area contributed by atoms with Crippen molar-refractivity contribution in [2.24, 2.45) is 0 Å². The van der Waals surface area contributed by atoms with E-state index in [9.17, 15) is 19.4 Å². The van der Waals surface area contributed by atoms with Crippen LogP contribution in [-0.2, 0) is 18.4 Å². The van der Waals surface area contributed by atoms with Crippen molar-refractivity contribution in [3.8, 4) is 0 Å². The molecule has 3 N–H and O–H groups in total. The van der Waals surface area contributed by atoms with Crippen LogP contribution in [0.5, 0.6) is 0 Å². The Kier molecular flexibility index (Phi) is 37.0. The lowest BCUT2D eigenvalue weighted by molar-refractivity contribution is -0.870. The first-order chi connectivity index (χ1) is 27.0. The van der Waals surface area contributed by atoms with Gasteiger partial charge in [-0.2, -0.15) is 0 Å². The van der Waals surface area contributed by atoms with E-state index in [0.29, 0.717) is 23.9 Å². The number of hydrogen-bond donors (Lipinski definition) is 3. The summed E-state index contributed by atoms with van der Waals surface area (Å²) in [6.07, 6.45) is 51.2. The Morgan fingerprint density at radius 3 is 1.57 bits per heavy atom. The Morgan fingerprint density at radius 1 is 0.625 bits per heavy atom. The maximum atomic E-state index is 12.8. The Labute approximate surface area is 344 Å². The molecule has 0 aromatic rings. The van der Waals surface area contributed by atoms with Crippen LogP contribution in [0.1, 0.15) is 168 Å². The Morgan fingerprint density at radius 2 is 1.07 bits per heavy atom. The standard InChI is InChI=1S/C47H85N2O6P/c1-6-8-10-12-13-14-15-16-17-18-19-20-21-22-23-24-25-26-27-28-29-30-31-32-33-34-35-37-39-41-47(51)48-45(46(50)40-38-36-11-9-7-2)44-55-56(52,53)54-43-42-49(3,4)5/h8,10,13-14,16-17,19-20,22-23,25-26,45-46,50H,6-7,9,11-12,15,18,21,24,27-44H2,1-5H3,(H-,48,51,52,53)/p+1/b10-8-,14-13-,17-16-,20-19-,23-22-,26-25-. The van der Waals surface area contributed by atoms with E-state index >= 15 is 0 Å². The Balaban J connectivity index is 4.01. The van der Waals surface area contributed by atoms with Crippen LogP contribution in [-0.4, -0.2) is 73.4 Å². The lowest BCUT2D eigenvalue weighted by atomic mass is 10.0. The number of allylic oxidation sites excluding steroid dienone is 12. The maximum absolute atomic E-state index is 12.8. The fourth-order valence-corrected chi connectivity index (χ4v) is 6.67. The molecule has 0 saturated carbocycles. The molecule has 3 unspecified atom stereocenters. The highest BCUT2D eigenvalue weighted by molar-refractivity contribution is 7.47. The minimum Gasteiger partial charge on any atom is -0.391 e. The molecule has 0 radical (unpaired) electrons. The summed E-state index contributed by atoms with van der Waals surface area (Å²) in [4.78, 5) is 22.9. The summed E-state index contributed by atoms with van der Waals surface area (Å²) in [5.74, 6) is -0.161. The molecule has 0 spiro atoms. The Hall–Kier alpha value is -2.06. The van der Waals surface area contributed by atoms with Gasteiger partial charge in [0.25, 0.3) is 0 Å². The lowest BCUT2D eigenvalue weighted by Gasteiger charge is -2.26. The maximum Gasteiger partial charge on any atom is 0.472 e. The highest BCUT2D eigenvalue weighted by Gasteiger charge is 2.28. The molecule has 1 amide bonds. The first kappa shape index (κ1) is 53.9. The molecule has 0 aliphatic carbocycles. The van der Waals surface area contributed by atoms with Gasteiger partial charge in [-0.05, 0) is 64.2 Å². The topological polar surface area (TPSA) is 105 Å². The molecule has 0 aliphatic heterocycles. The van der Waals surface area contributed by atoms with Crippen molar-refractivity contribution in [2.45, 2.75) is 180 Å². The zero-order valence-electron chi connectivity index (χ0n) is 36.6. The van der Waals surface area contributed by atoms with Crippen LogP contribution in [0.2, 0.25) is 0 Å². The number of carbonyl (C=O) groups excluding carboxylic acids is 1. The average molecular weight is 806 g/mol. The minimum absolute atomic E-state index is 0.0695. The number of aliphatic hydroxyl groups is 1. The second-order valence-electron chi connectivity index (χ2n) is 16.0. The summed E-state index contributed by atoms with van der Waals surface area (Å²) in [7, 11) is 1.60. The fraction of sp³-hybridized carbons (Fsp3) is 0.723. The molecule has 0 rings (SSSR count). The van der Waals surface area contributed by atoms with Gasteiger partial charge in [-0.15, -0.1) is 0 Å². The van der Waals surface area contributed by atoms with Gasteiger partial charge in [0.05, 0.1) is 39.9 Å². The van der Waals surface area contributed by atoms with Crippen LogP contribution in [0.15, 0.2) is 72.9 Å². The molecule has 0 saturated heterocycles. The van der Waals surface area contributed by atoms with E-state index < -0.39 is 20.0 Å². The summed E-state index contributed by atoms with van der Waals surface area (Å²) in [6, 6.07) is -0.762. The Bertz CT molecular complexity index is 1140. The first-order valence-corrected chi connectivity index (χ1v) is 23.8. The molecule has 0 aliphatic rings. The quantitative estimate of drug-likeness (QED) is 0.0247. The number of carbonyl (C=O) groups is 1. The van der Waals surface area contributed by atoms with Crippen molar-refractivity contribution in [3.63, 3.8) is 0 Å². The molecule has 0 aromatic carbocycles.